The van der Waals surface area contributed by atoms with E-state index >= 15 is 0 Å². The molecule has 0 aliphatic heterocycles. The smallest absolute Gasteiger partial charge is 0.223 e. The van der Waals surface area contributed by atoms with Gasteiger partial charge in [0.1, 0.15) is 5.82 Å². The van der Waals surface area contributed by atoms with Gasteiger partial charge in [0.15, 0.2) is 0 Å². The van der Waals surface area contributed by atoms with Gasteiger partial charge < -0.3 is 9.84 Å². The predicted octanol–water partition coefficient (Wildman–Crippen LogP) is 2.93. The van der Waals surface area contributed by atoms with Gasteiger partial charge in [0.25, 0.3) is 0 Å². The average Bonchev–Trinajstić information content (AvgIpc) is 3.15. The number of rotatable bonds is 3. The zero-order valence-corrected chi connectivity index (χ0v) is 12.2. The van der Waals surface area contributed by atoms with E-state index < -0.39 is 0 Å². The van der Waals surface area contributed by atoms with E-state index in [9.17, 15) is 0 Å². The lowest BCUT2D eigenvalue weighted by atomic mass is 10.0. The standard InChI is InChI=1S/C16H15N5O/c1-10-19-16(21-22-10)12-2-4-13-11(8-12)3-5-14(13)20-15-9-17-6-7-18-15/h2,4,6-9,14H,3,5H2,1H3,(H,18,20). The molecule has 0 bridgehead atoms. The van der Waals surface area contributed by atoms with E-state index in [4.69, 9.17) is 4.52 Å². The minimum absolute atomic E-state index is 0.271. The van der Waals surface area contributed by atoms with Crippen molar-refractivity contribution in [1.29, 1.82) is 0 Å². The molecule has 1 atom stereocenters. The fourth-order valence-electron chi connectivity index (χ4n) is 2.88. The molecule has 0 fully saturated rings. The topological polar surface area (TPSA) is 76.7 Å². The number of nitrogens with one attached hydrogen (secondary N) is 1. The Morgan fingerprint density at radius 1 is 1.27 bits per heavy atom. The minimum Gasteiger partial charge on any atom is -0.362 e. The van der Waals surface area contributed by atoms with Gasteiger partial charge >= 0.3 is 0 Å². The molecule has 2 heterocycles. The lowest BCUT2D eigenvalue weighted by molar-refractivity contribution is 0.394. The number of nitrogens with zero attached hydrogens (tertiary/aromatic N) is 4. The third-order valence-corrected chi connectivity index (χ3v) is 3.89. The lowest BCUT2D eigenvalue weighted by Gasteiger charge is -2.14. The Labute approximate surface area is 127 Å². The van der Waals surface area contributed by atoms with Crippen LogP contribution in [-0.2, 0) is 6.42 Å². The fraction of sp³-hybridized carbons (Fsp3) is 0.250. The summed E-state index contributed by atoms with van der Waals surface area (Å²) in [5.41, 5.74) is 3.62. The van der Waals surface area contributed by atoms with E-state index in [1.165, 1.54) is 11.1 Å². The predicted molar refractivity (Wildman–Crippen MR) is 81.2 cm³/mol. The summed E-state index contributed by atoms with van der Waals surface area (Å²) in [6.45, 7) is 1.80. The van der Waals surface area contributed by atoms with Crippen LogP contribution in [0.15, 0.2) is 41.3 Å². The summed E-state index contributed by atoms with van der Waals surface area (Å²) in [5.74, 6) is 2.03. The van der Waals surface area contributed by atoms with E-state index in [0.717, 1.165) is 24.2 Å². The lowest BCUT2D eigenvalue weighted by Crippen LogP contribution is -2.08. The van der Waals surface area contributed by atoms with E-state index in [1.807, 2.05) is 6.07 Å². The van der Waals surface area contributed by atoms with Crippen LogP contribution < -0.4 is 5.32 Å². The maximum atomic E-state index is 5.05. The van der Waals surface area contributed by atoms with Crippen molar-refractivity contribution < 1.29 is 4.52 Å². The Hall–Kier alpha value is -2.76. The number of aromatic nitrogens is 4. The Bertz CT molecular complexity index is 799. The molecule has 6 nitrogen and oxygen atoms in total. The highest BCUT2D eigenvalue weighted by atomic mass is 16.5. The second kappa shape index (κ2) is 5.22. The molecule has 110 valence electrons. The maximum Gasteiger partial charge on any atom is 0.223 e. The Balaban J connectivity index is 1.61. The average molecular weight is 293 g/mol. The molecule has 3 aromatic rings. The second-order valence-corrected chi connectivity index (χ2v) is 5.38. The normalized spacial score (nSPS) is 16.5. The van der Waals surface area contributed by atoms with Gasteiger partial charge in [-0.3, -0.25) is 4.98 Å². The minimum atomic E-state index is 0.271. The number of aryl methyl sites for hydroxylation is 2. The highest BCUT2D eigenvalue weighted by Gasteiger charge is 2.23. The first-order chi connectivity index (χ1) is 10.8. The molecular formula is C16H15N5O. The molecule has 1 N–H and O–H groups in total. The molecular weight excluding hydrogens is 278 g/mol. The summed E-state index contributed by atoms with van der Waals surface area (Å²) in [6.07, 6.45) is 7.18. The summed E-state index contributed by atoms with van der Waals surface area (Å²) >= 11 is 0. The highest BCUT2D eigenvalue weighted by molar-refractivity contribution is 5.58. The van der Waals surface area contributed by atoms with Gasteiger partial charge in [-0.2, -0.15) is 4.98 Å². The van der Waals surface area contributed by atoms with Crippen molar-refractivity contribution in [1.82, 2.24) is 20.1 Å². The Kier molecular flexibility index (Phi) is 3.07. The van der Waals surface area contributed by atoms with Crippen LogP contribution in [0.2, 0.25) is 0 Å². The molecule has 1 aliphatic carbocycles. The van der Waals surface area contributed by atoms with Crippen LogP contribution in [0, 0.1) is 6.92 Å². The van der Waals surface area contributed by atoms with Crippen molar-refractivity contribution in [3.05, 3.63) is 53.8 Å². The monoisotopic (exact) mass is 293 g/mol. The number of fused-ring (bicyclic) bond motifs is 1. The fourth-order valence-corrected chi connectivity index (χ4v) is 2.88. The van der Waals surface area contributed by atoms with Gasteiger partial charge in [-0.1, -0.05) is 17.3 Å². The SMILES string of the molecule is Cc1nc(-c2ccc3c(c2)CCC3Nc2cnccn2)no1. The summed E-state index contributed by atoms with van der Waals surface area (Å²) in [4.78, 5) is 12.6. The number of benzene rings is 1. The first kappa shape index (κ1) is 12.9. The van der Waals surface area contributed by atoms with Crippen LogP contribution in [0.25, 0.3) is 11.4 Å². The molecule has 2 aromatic heterocycles. The number of anilines is 1. The molecule has 1 aromatic carbocycles. The first-order valence-corrected chi connectivity index (χ1v) is 7.25. The molecule has 0 saturated carbocycles. The molecule has 0 spiro atoms. The van der Waals surface area contributed by atoms with Gasteiger partial charge in [0.2, 0.25) is 11.7 Å². The first-order valence-electron chi connectivity index (χ1n) is 7.25. The molecule has 6 heteroatoms. The third-order valence-electron chi connectivity index (χ3n) is 3.89. The van der Waals surface area contributed by atoms with Crippen molar-refractivity contribution in [3.8, 4) is 11.4 Å². The zero-order chi connectivity index (χ0) is 14.9. The van der Waals surface area contributed by atoms with Gasteiger partial charge in [-0.15, -0.1) is 0 Å². The van der Waals surface area contributed by atoms with Crippen LogP contribution in [0.4, 0.5) is 5.82 Å². The summed E-state index contributed by atoms with van der Waals surface area (Å²) in [5, 5.41) is 7.42. The molecule has 22 heavy (non-hydrogen) atoms. The molecule has 0 amide bonds. The zero-order valence-electron chi connectivity index (χ0n) is 12.2. The maximum absolute atomic E-state index is 5.05. The van der Waals surface area contributed by atoms with E-state index in [2.05, 4.69) is 37.6 Å². The Morgan fingerprint density at radius 2 is 2.23 bits per heavy atom. The van der Waals surface area contributed by atoms with Crippen molar-refractivity contribution in [2.75, 3.05) is 5.32 Å². The van der Waals surface area contributed by atoms with Gasteiger partial charge in [-0.25, -0.2) is 4.98 Å². The second-order valence-electron chi connectivity index (χ2n) is 5.38. The summed E-state index contributed by atoms with van der Waals surface area (Å²) in [7, 11) is 0. The third kappa shape index (κ3) is 2.32. The number of hydrogen-bond acceptors (Lipinski definition) is 6. The summed E-state index contributed by atoms with van der Waals surface area (Å²) in [6, 6.07) is 6.60. The quantitative estimate of drug-likeness (QED) is 0.800. The van der Waals surface area contributed by atoms with Crippen LogP contribution >= 0.6 is 0 Å². The van der Waals surface area contributed by atoms with Gasteiger partial charge in [-0.05, 0) is 30.0 Å². The van der Waals surface area contributed by atoms with E-state index in [1.54, 1.807) is 25.5 Å². The van der Waals surface area contributed by atoms with Gasteiger partial charge in [0, 0.05) is 24.9 Å². The van der Waals surface area contributed by atoms with Crippen molar-refractivity contribution in [2.45, 2.75) is 25.8 Å². The molecule has 0 radical (unpaired) electrons. The Morgan fingerprint density at radius 3 is 3.00 bits per heavy atom. The molecule has 1 unspecified atom stereocenters. The van der Waals surface area contributed by atoms with Crippen molar-refractivity contribution in [3.63, 3.8) is 0 Å². The van der Waals surface area contributed by atoms with E-state index in [-0.39, 0.29) is 6.04 Å². The molecule has 1 aliphatic rings. The van der Waals surface area contributed by atoms with Crippen molar-refractivity contribution >= 4 is 5.82 Å². The van der Waals surface area contributed by atoms with Crippen molar-refractivity contribution in [2.24, 2.45) is 0 Å². The van der Waals surface area contributed by atoms with Crippen LogP contribution in [0.3, 0.4) is 0 Å². The van der Waals surface area contributed by atoms with Gasteiger partial charge in [0.05, 0.1) is 12.2 Å². The highest BCUT2D eigenvalue weighted by Crippen LogP contribution is 2.35. The van der Waals surface area contributed by atoms with Crippen LogP contribution in [0.1, 0.15) is 29.5 Å². The van der Waals surface area contributed by atoms with Crippen LogP contribution in [-0.4, -0.2) is 20.1 Å². The number of hydrogen-bond donors (Lipinski definition) is 1. The van der Waals surface area contributed by atoms with Crippen LogP contribution in [0.5, 0.6) is 0 Å². The molecule has 4 rings (SSSR count). The van der Waals surface area contributed by atoms with E-state index in [0.29, 0.717) is 11.7 Å². The summed E-state index contributed by atoms with van der Waals surface area (Å²) < 4.78 is 5.05. The molecule has 0 saturated heterocycles. The largest absolute Gasteiger partial charge is 0.362 e.